The lowest BCUT2D eigenvalue weighted by molar-refractivity contribution is -0.286. The van der Waals surface area contributed by atoms with Gasteiger partial charge in [0.05, 0.1) is 18.1 Å². The van der Waals surface area contributed by atoms with Gasteiger partial charge in [-0.1, -0.05) is 24.8 Å². The van der Waals surface area contributed by atoms with Crippen molar-refractivity contribution in [1.82, 2.24) is 9.97 Å². The van der Waals surface area contributed by atoms with Crippen molar-refractivity contribution in [1.29, 1.82) is 0 Å². The molecule has 192 valence electrons. The molecule has 4 aromatic rings. The molecule has 0 radical (unpaired) electrons. The van der Waals surface area contributed by atoms with E-state index in [0.717, 1.165) is 11.1 Å². The summed E-state index contributed by atoms with van der Waals surface area (Å²) in [4.78, 5) is 21.7. The van der Waals surface area contributed by atoms with Crippen LogP contribution in [0.15, 0.2) is 79.6 Å². The third-order valence-electron chi connectivity index (χ3n) is 5.80. The maximum absolute atomic E-state index is 13.3. The molecule has 0 fully saturated rings. The SMILES string of the molecule is C=C(Nc1ccc(C)c(C(=O)Nc2cnc(Cc3cccc(N)c3)nc2)c1)c1ccc2c(c1)OC(F)(F)O2. The first-order valence-corrected chi connectivity index (χ1v) is 11.6. The Morgan fingerprint density at radius 3 is 2.50 bits per heavy atom. The zero-order valence-corrected chi connectivity index (χ0v) is 20.3. The number of hydrogen-bond acceptors (Lipinski definition) is 7. The Morgan fingerprint density at radius 1 is 0.974 bits per heavy atom. The van der Waals surface area contributed by atoms with E-state index in [-0.39, 0.29) is 17.4 Å². The van der Waals surface area contributed by atoms with Crippen molar-refractivity contribution in [3.8, 4) is 11.5 Å². The second kappa shape index (κ2) is 9.81. The average Bonchev–Trinajstić information content (AvgIpc) is 3.19. The van der Waals surface area contributed by atoms with Crippen molar-refractivity contribution in [2.75, 3.05) is 16.4 Å². The van der Waals surface area contributed by atoms with E-state index in [1.54, 1.807) is 36.7 Å². The molecule has 0 spiro atoms. The summed E-state index contributed by atoms with van der Waals surface area (Å²) in [6.07, 6.45) is -0.0809. The third kappa shape index (κ3) is 5.54. The number of anilines is 3. The van der Waals surface area contributed by atoms with Crippen LogP contribution in [-0.2, 0) is 6.42 Å². The Kier molecular flexibility index (Phi) is 6.38. The summed E-state index contributed by atoms with van der Waals surface area (Å²) in [5.41, 5.74) is 10.6. The molecule has 1 aromatic heterocycles. The maximum Gasteiger partial charge on any atom is 0.586 e. The van der Waals surface area contributed by atoms with Gasteiger partial charge in [0.1, 0.15) is 5.82 Å². The highest BCUT2D eigenvalue weighted by atomic mass is 19.3. The molecular weight excluding hydrogens is 492 g/mol. The van der Waals surface area contributed by atoms with Gasteiger partial charge >= 0.3 is 6.29 Å². The van der Waals surface area contributed by atoms with Crippen LogP contribution in [0.3, 0.4) is 0 Å². The smallest absolute Gasteiger partial charge is 0.399 e. The lowest BCUT2D eigenvalue weighted by Crippen LogP contribution is -2.25. The first-order valence-electron chi connectivity index (χ1n) is 11.6. The lowest BCUT2D eigenvalue weighted by atomic mass is 10.1. The van der Waals surface area contributed by atoms with Crippen molar-refractivity contribution in [3.63, 3.8) is 0 Å². The Morgan fingerprint density at radius 2 is 1.74 bits per heavy atom. The third-order valence-corrected chi connectivity index (χ3v) is 5.80. The molecule has 1 aliphatic heterocycles. The summed E-state index contributed by atoms with van der Waals surface area (Å²) in [6.45, 7) is 5.79. The van der Waals surface area contributed by atoms with Gasteiger partial charge in [-0.3, -0.25) is 4.79 Å². The number of rotatable bonds is 7. The predicted molar refractivity (Wildman–Crippen MR) is 140 cm³/mol. The van der Waals surface area contributed by atoms with Gasteiger partial charge in [0.15, 0.2) is 11.5 Å². The molecule has 0 saturated carbocycles. The zero-order chi connectivity index (χ0) is 26.9. The Bertz CT molecular complexity index is 1540. The average molecular weight is 516 g/mol. The van der Waals surface area contributed by atoms with Gasteiger partial charge in [0.25, 0.3) is 5.91 Å². The fourth-order valence-electron chi connectivity index (χ4n) is 3.92. The van der Waals surface area contributed by atoms with Crippen LogP contribution in [0.5, 0.6) is 11.5 Å². The van der Waals surface area contributed by atoms with Gasteiger partial charge in [-0.05, 0) is 60.5 Å². The molecule has 1 amide bonds. The van der Waals surface area contributed by atoms with E-state index in [9.17, 15) is 13.6 Å². The lowest BCUT2D eigenvalue weighted by Gasteiger charge is -2.13. The number of fused-ring (bicyclic) bond motifs is 1. The number of alkyl halides is 2. The van der Waals surface area contributed by atoms with Crippen LogP contribution < -0.4 is 25.8 Å². The molecule has 1 aliphatic rings. The fraction of sp³-hybridized carbons (Fsp3) is 0.107. The van der Waals surface area contributed by atoms with Gasteiger partial charge in [-0.2, -0.15) is 0 Å². The Labute approximate surface area is 217 Å². The molecule has 0 atom stereocenters. The molecule has 3 aromatic carbocycles. The molecule has 0 unspecified atom stereocenters. The number of aryl methyl sites for hydroxylation is 1. The molecular formula is C28H23F2N5O3. The van der Waals surface area contributed by atoms with Gasteiger partial charge in [0.2, 0.25) is 0 Å². The first-order chi connectivity index (χ1) is 18.1. The minimum Gasteiger partial charge on any atom is -0.399 e. The number of aromatic nitrogens is 2. The molecule has 38 heavy (non-hydrogen) atoms. The number of nitrogens with two attached hydrogens (primary N) is 1. The van der Waals surface area contributed by atoms with E-state index in [4.69, 9.17) is 5.73 Å². The number of nitrogen functional groups attached to an aromatic ring is 1. The normalized spacial score (nSPS) is 13.1. The van der Waals surface area contributed by atoms with Crippen LogP contribution in [0.2, 0.25) is 0 Å². The summed E-state index contributed by atoms with van der Waals surface area (Å²) in [7, 11) is 0. The Hall–Kier alpha value is -4.99. The van der Waals surface area contributed by atoms with E-state index < -0.39 is 6.29 Å². The van der Waals surface area contributed by atoms with Crippen molar-refractivity contribution in [2.24, 2.45) is 0 Å². The highest BCUT2D eigenvalue weighted by molar-refractivity contribution is 6.05. The predicted octanol–water partition coefficient (Wildman–Crippen LogP) is 5.61. The topological polar surface area (TPSA) is 111 Å². The van der Waals surface area contributed by atoms with Crippen LogP contribution in [0.4, 0.5) is 25.8 Å². The molecule has 10 heteroatoms. The molecule has 0 bridgehead atoms. The first kappa shape index (κ1) is 24.7. The number of hydrogen-bond donors (Lipinski definition) is 3. The van der Waals surface area contributed by atoms with E-state index >= 15 is 0 Å². The van der Waals surface area contributed by atoms with Crippen LogP contribution in [-0.4, -0.2) is 22.2 Å². The number of nitrogens with one attached hydrogen (secondary N) is 2. The summed E-state index contributed by atoms with van der Waals surface area (Å²) >= 11 is 0. The van der Waals surface area contributed by atoms with Crippen LogP contribution in [0.25, 0.3) is 5.70 Å². The minimum atomic E-state index is -3.70. The molecule has 4 N–H and O–H groups in total. The highest BCUT2D eigenvalue weighted by Crippen LogP contribution is 2.42. The number of nitrogens with zero attached hydrogens (tertiary/aromatic N) is 2. The van der Waals surface area contributed by atoms with Crippen LogP contribution >= 0.6 is 0 Å². The molecule has 0 aliphatic carbocycles. The summed E-state index contributed by atoms with van der Waals surface area (Å²) in [5, 5.41) is 5.91. The molecule has 2 heterocycles. The quantitative estimate of drug-likeness (QED) is 0.274. The largest absolute Gasteiger partial charge is 0.586 e. The number of carbonyl (C=O) groups is 1. The Balaban J connectivity index is 1.25. The van der Waals surface area contributed by atoms with E-state index in [2.05, 4.69) is 36.7 Å². The number of amides is 1. The summed E-state index contributed by atoms with van der Waals surface area (Å²) in [6, 6.07) is 17.1. The monoisotopic (exact) mass is 515 g/mol. The van der Waals surface area contributed by atoms with Crippen molar-refractivity contribution in [3.05, 3.63) is 108 Å². The van der Waals surface area contributed by atoms with Gasteiger partial charge in [0, 0.05) is 34.6 Å². The van der Waals surface area contributed by atoms with Gasteiger partial charge in [-0.15, -0.1) is 8.78 Å². The standard InChI is InChI=1S/C28H23F2N5O3/c1-16-6-8-21(34-17(2)19-7-9-24-25(12-19)38-28(29,30)37-24)13-23(16)27(36)35-22-14-32-26(33-15-22)11-18-4-3-5-20(31)10-18/h3-10,12-15,34H,2,11,31H2,1H3,(H,35,36). The number of halogens is 2. The molecule has 0 saturated heterocycles. The van der Waals surface area contributed by atoms with Crippen LogP contribution in [0, 0.1) is 6.92 Å². The van der Waals surface area contributed by atoms with Gasteiger partial charge < -0.3 is 25.8 Å². The zero-order valence-electron chi connectivity index (χ0n) is 20.3. The van der Waals surface area contributed by atoms with E-state index in [1.807, 2.05) is 31.2 Å². The van der Waals surface area contributed by atoms with Crippen molar-refractivity contribution in [2.45, 2.75) is 19.6 Å². The maximum atomic E-state index is 13.3. The van der Waals surface area contributed by atoms with Gasteiger partial charge in [-0.25, -0.2) is 9.97 Å². The van der Waals surface area contributed by atoms with Crippen LogP contribution in [0.1, 0.15) is 32.9 Å². The highest BCUT2D eigenvalue weighted by Gasteiger charge is 2.43. The fourth-order valence-corrected chi connectivity index (χ4v) is 3.92. The van der Waals surface area contributed by atoms with Crippen molar-refractivity contribution < 1.29 is 23.0 Å². The number of ether oxygens (including phenoxy) is 2. The summed E-state index contributed by atoms with van der Waals surface area (Å²) in [5.74, 6) is 0.124. The molecule has 8 nitrogen and oxygen atoms in total. The second-order valence-electron chi connectivity index (χ2n) is 8.73. The van der Waals surface area contributed by atoms with E-state index in [1.165, 1.54) is 12.1 Å². The number of benzene rings is 3. The van der Waals surface area contributed by atoms with Crippen molar-refractivity contribution >= 4 is 28.7 Å². The van der Waals surface area contributed by atoms with E-state index in [0.29, 0.717) is 46.1 Å². The second-order valence-corrected chi connectivity index (χ2v) is 8.73. The summed E-state index contributed by atoms with van der Waals surface area (Å²) < 4.78 is 35.6. The minimum absolute atomic E-state index is 0.0531. The number of carbonyl (C=O) groups excluding carboxylic acids is 1. The molecule has 5 rings (SSSR count).